The van der Waals surface area contributed by atoms with Crippen LogP contribution < -0.4 is 15.2 Å². The molecule has 120 valence electrons. The van der Waals surface area contributed by atoms with Crippen molar-refractivity contribution in [3.8, 4) is 11.5 Å². The van der Waals surface area contributed by atoms with Gasteiger partial charge in [0.25, 0.3) is 0 Å². The monoisotopic (exact) mass is 335 g/mol. The summed E-state index contributed by atoms with van der Waals surface area (Å²) in [5.74, 6) is 1.28. The Kier molecular flexibility index (Phi) is 7.07. The summed E-state index contributed by atoms with van der Waals surface area (Å²) in [7, 11) is 3.09. The van der Waals surface area contributed by atoms with E-state index in [1.54, 1.807) is 19.2 Å². The van der Waals surface area contributed by atoms with Crippen molar-refractivity contribution in [2.75, 3.05) is 14.2 Å². The third-order valence-corrected chi connectivity index (χ3v) is 4.51. The average Bonchev–Trinajstić information content (AvgIpc) is 2.99. The molecule has 21 heavy (non-hydrogen) atoms. The molecule has 1 saturated carbocycles. The van der Waals surface area contributed by atoms with E-state index in [1.807, 2.05) is 0 Å². The fraction of sp³-hybridized carbons (Fsp3) is 0.600. The molecule has 0 radical (unpaired) electrons. The molecule has 2 rings (SSSR count). The van der Waals surface area contributed by atoms with Gasteiger partial charge in [-0.3, -0.25) is 0 Å². The highest BCUT2D eigenvalue weighted by Gasteiger charge is 2.30. The molecule has 0 unspecified atom stereocenters. The normalized spacial score (nSPS) is 18.0. The highest BCUT2D eigenvalue weighted by molar-refractivity contribution is 6.33. The van der Waals surface area contributed by atoms with Crippen molar-refractivity contribution in [3.63, 3.8) is 0 Å². The van der Waals surface area contributed by atoms with Gasteiger partial charge in [0, 0.05) is 0 Å². The van der Waals surface area contributed by atoms with Gasteiger partial charge in [-0.15, -0.1) is 12.4 Å². The zero-order valence-corrected chi connectivity index (χ0v) is 13.9. The van der Waals surface area contributed by atoms with Crippen LogP contribution in [0.5, 0.6) is 11.5 Å². The van der Waals surface area contributed by atoms with E-state index in [0.717, 1.165) is 25.7 Å². The van der Waals surface area contributed by atoms with Gasteiger partial charge in [0.2, 0.25) is 0 Å². The van der Waals surface area contributed by atoms with Crippen LogP contribution in [0.2, 0.25) is 5.02 Å². The minimum absolute atomic E-state index is 0. The summed E-state index contributed by atoms with van der Waals surface area (Å²) in [5, 5.41) is 10.8. The zero-order valence-electron chi connectivity index (χ0n) is 12.3. The predicted molar refractivity (Wildman–Crippen MR) is 86.7 cm³/mol. The lowest BCUT2D eigenvalue weighted by Gasteiger charge is -2.26. The summed E-state index contributed by atoms with van der Waals surface area (Å²) in [6, 6.07) is 3.05. The number of hydrogen-bond donors (Lipinski definition) is 2. The van der Waals surface area contributed by atoms with Crippen LogP contribution in [0.25, 0.3) is 0 Å². The number of benzene rings is 1. The lowest BCUT2D eigenvalue weighted by Crippen LogP contribution is -2.32. The Bertz CT molecular complexity index is 464. The summed E-state index contributed by atoms with van der Waals surface area (Å²) < 4.78 is 10.5. The van der Waals surface area contributed by atoms with E-state index < -0.39 is 12.1 Å². The molecule has 0 heterocycles. The second kappa shape index (κ2) is 8.08. The third kappa shape index (κ3) is 3.75. The quantitative estimate of drug-likeness (QED) is 0.866. The molecule has 0 bridgehead atoms. The van der Waals surface area contributed by atoms with Crippen molar-refractivity contribution >= 4 is 24.0 Å². The first-order chi connectivity index (χ1) is 9.60. The van der Waals surface area contributed by atoms with Gasteiger partial charge in [-0.05, 0) is 30.4 Å². The SMILES string of the molecule is COc1ccc([C@H](N)[C@H](O)C2CCCC2)c(Cl)c1OC.Cl. The number of methoxy groups -OCH3 is 2. The van der Waals surface area contributed by atoms with Gasteiger partial charge >= 0.3 is 0 Å². The molecular weight excluding hydrogens is 313 g/mol. The summed E-state index contributed by atoms with van der Waals surface area (Å²) >= 11 is 6.34. The maximum atomic E-state index is 10.4. The molecule has 0 amide bonds. The molecule has 0 aromatic heterocycles. The minimum Gasteiger partial charge on any atom is -0.493 e. The van der Waals surface area contributed by atoms with E-state index in [0.29, 0.717) is 22.1 Å². The average molecular weight is 336 g/mol. The Hall–Kier alpha value is -0.680. The van der Waals surface area contributed by atoms with E-state index in [9.17, 15) is 5.11 Å². The largest absolute Gasteiger partial charge is 0.493 e. The standard InChI is InChI=1S/C15H22ClNO3.ClH/c1-19-11-8-7-10(12(16)15(11)20-2)13(17)14(18)9-5-3-4-6-9;/h7-9,13-14,18H,3-6,17H2,1-2H3;1H/t13-,14+;/m0./s1. The minimum atomic E-state index is -0.576. The molecule has 1 aromatic rings. The van der Waals surface area contributed by atoms with Crippen LogP contribution in [-0.4, -0.2) is 25.4 Å². The number of nitrogens with two attached hydrogens (primary N) is 1. The van der Waals surface area contributed by atoms with Crippen LogP contribution in [0.4, 0.5) is 0 Å². The molecule has 1 aromatic carbocycles. The molecular formula is C15H23Cl2NO3. The Morgan fingerprint density at radius 2 is 1.86 bits per heavy atom. The Morgan fingerprint density at radius 3 is 2.38 bits per heavy atom. The smallest absolute Gasteiger partial charge is 0.179 e. The van der Waals surface area contributed by atoms with Gasteiger partial charge in [0.05, 0.1) is 31.4 Å². The Balaban J connectivity index is 0.00000220. The summed E-state index contributed by atoms with van der Waals surface area (Å²) in [5.41, 5.74) is 6.90. The zero-order chi connectivity index (χ0) is 14.7. The third-order valence-electron chi connectivity index (χ3n) is 4.12. The van der Waals surface area contributed by atoms with Crippen LogP contribution in [0, 0.1) is 5.92 Å². The van der Waals surface area contributed by atoms with Gasteiger partial charge in [0.1, 0.15) is 0 Å². The van der Waals surface area contributed by atoms with Crippen molar-refractivity contribution in [2.45, 2.75) is 37.8 Å². The number of aliphatic hydroxyl groups is 1. The lowest BCUT2D eigenvalue weighted by atomic mass is 9.90. The fourth-order valence-corrected chi connectivity index (χ4v) is 3.30. The van der Waals surface area contributed by atoms with Crippen LogP contribution >= 0.6 is 24.0 Å². The highest BCUT2D eigenvalue weighted by Crippen LogP contribution is 2.41. The second-order valence-electron chi connectivity index (χ2n) is 5.27. The number of ether oxygens (including phenoxy) is 2. The van der Waals surface area contributed by atoms with Crippen molar-refractivity contribution in [1.29, 1.82) is 0 Å². The Morgan fingerprint density at radius 1 is 1.24 bits per heavy atom. The molecule has 1 aliphatic carbocycles. The Labute approximate surface area is 137 Å². The molecule has 2 atom stereocenters. The summed E-state index contributed by atoms with van der Waals surface area (Å²) in [4.78, 5) is 0. The molecule has 6 heteroatoms. The first-order valence-electron chi connectivity index (χ1n) is 6.94. The molecule has 3 N–H and O–H groups in total. The molecule has 0 spiro atoms. The van der Waals surface area contributed by atoms with Crippen molar-refractivity contribution in [3.05, 3.63) is 22.7 Å². The van der Waals surface area contributed by atoms with Crippen LogP contribution in [0.1, 0.15) is 37.3 Å². The van der Waals surface area contributed by atoms with Crippen molar-refractivity contribution in [1.82, 2.24) is 0 Å². The number of aliphatic hydroxyl groups excluding tert-OH is 1. The topological polar surface area (TPSA) is 64.7 Å². The first-order valence-corrected chi connectivity index (χ1v) is 7.32. The lowest BCUT2D eigenvalue weighted by molar-refractivity contribution is 0.0844. The summed E-state index contributed by atoms with van der Waals surface area (Å²) in [6.45, 7) is 0. The van der Waals surface area contributed by atoms with Crippen molar-refractivity contribution < 1.29 is 14.6 Å². The van der Waals surface area contributed by atoms with Crippen LogP contribution in [0.3, 0.4) is 0 Å². The van der Waals surface area contributed by atoms with Gasteiger partial charge < -0.3 is 20.3 Å². The first kappa shape index (κ1) is 18.4. The molecule has 1 aliphatic rings. The van der Waals surface area contributed by atoms with E-state index in [4.69, 9.17) is 26.8 Å². The van der Waals surface area contributed by atoms with Gasteiger partial charge in [-0.1, -0.05) is 30.5 Å². The summed E-state index contributed by atoms with van der Waals surface area (Å²) in [6.07, 6.45) is 3.80. The maximum Gasteiger partial charge on any atom is 0.179 e. The molecule has 4 nitrogen and oxygen atoms in total. The van der Waals surface area contributed by atoms with E-state index in [2.05, 4.69) is 0 Å². The molecule has 0 saturated heterocycles. The highest BCUT2D eigenvalue weighted by atomic mass is 35.5. The molecule has 0 aliphatic heterocycles. The molecule has 1 fully saturated rings. The van der Waals surface area contributed by atoms with E-state index in [-0.39, 0.29) is 18.3 Å². The number of halogens is 2. The maximum absolute atomic E-state index is 10.4. The van der Waals surface area contributed by atoms with Gasteiger partial charge in [0.15, 0.2) is 11.5 Å². The van der Waals surface area contributed by atoms with Crippen molar-refractivity contribution in [2.24, 2.45) is 11.7 Å². The number of rotatable bonds is 5. The predicted octanol–water partition coefficient (Wildman–Crippen LogP) is 3.33. The van der Waals surface area contributed by atoms with Crippen LogP contribution in [-0.2, 0) is 0 Å². The second-order valence-corrected chi connectivity index (χ2v) is 5.64. The fourth-order valence-electron chi connectivity index (χ4n) is 2.94. The number of hydrogen-bond acceptors (Lipinski definition) is 4. The van der Waals surface area contributed by atoms with Crippen LogP contribution in [0.15, 0.2) is 12.1 Å². The van der Waals surface area contributed by atoms with Gasteiger partial charge in [-0.25, -0.2) is 0 Å². The van der Waals surface area contributed by atoms with E-state index >= 15 is 0 Å². The van der Waals surface area contributed by atoms with Gasteiger partial charge in [-0.2, -0.15) is 0 Å². The van der Waals surface area contributed by atoms with E-state index in [1.165, 1.54) is 7.11 Å².